The van der Waals surface area contributed by atoms with Crippen LogP contribution in [0.4, 0.5) is 0 Å². The molecular weight excluding hydrogens is 222 g/mol. The van der Waals surface area contributed by atoms with E-state index in [4.69, 9.17) is 8.94 Å². The van der Waals surface area contributed by atoms with Crippen molar-refractivity contribution in [2.45, 2.75) is 38.0 Å². The first-order chi connectivity index (χ1) is 8.13. The lowest BCUT2D eigenvalue weighted by Gasteiger charge is -2.19. The summed E-state index contributed by atoms with van der Waals surface area (Å²) in [6.07, 6.45) is 3.01. The first-order valence-corrected chi connectivity index (χ1v) is 5.73. The van der Waals surface area contributed by atoms with Crippen LogP contribution < -0.4 is 0 Å². The number of carboxylic acids is 1. The number of fused-ring (bicyclic) bond motifs is 1. The minimum absolute atomic E-state index is 0.450. The van der Waals surface area contributed by atoms with Gasteiger partial charge in [0.2, 0.25) is 5.58 Å². The van der Waals surface area contributed by atoms with E-state index in [1.165, 1.54) is 0 Å². The Morgan fingerprint density at radius 1 is 1.47 bits per heavy atom. The topological polar surface area (TPSA) is 76.5 Å². The summed E-state index contributed by atoms with van der Waals surface area (Å²) in [7, 11) is 0. The molecule has 0 amide bonds. The van der Waals surface area contributed by atoms with Gasteiger partial charge in [-0.25, -0.2) is 0 Å². The maximum Gasteiger partial charge on any atom is 0.316 e. The molecule has 2 heterocycles. The summed E-state index contributed by atoms with van der Waals surface area (Å²) >= 11 is 0. The second-order valence-electron chi connectivity index (χ2n) is 4.68. The van der Waals surface area contributed by atoms with Crippen LogP contribution in [-0.2, 0) is 10.2 Å². The van der Waals surface area contributed by atoms with Crippen molar-refractivity contribution in [1.82, 2.24) is 5.16 Å². The molecule has 0 aliphatic heterocycles. The minimum atomic E-state index is -0.921. The van der Waals surface area contributed by atoms with Crippen molar-refractivity contribution >= 4 is 17.1 Å². The highest BCUT2D eigenvalue weighted by molar-refractivity contribution is 5.87. The van der Waals surface area contributed by atoms with Gasteiger partial charge in [0.25, 0.3) is 0 Å². The molecule has 0 radical (unpaired) electrons. The maximum atomic E-state index is 11.5. The SMILES string of the molecule is Cc1cc2onc(C3(C(=O)O)CCCC3)c2o1. The number of hydrogen-bond donors (Lipinski definition) is 1. The summed E-state index contributed by atoms with van der Waals surface area (Å²) < 4.78 is 10.7. The van der Waals surface area contributed by atoms with E-state index < -0.39 is 11.4 Å². The Kier molecular flexibility index (Phi) is 2.05. The molecular formula is C12H13NO4. The fourth-order valence-electron chi connectivity index (χ4n) is 2.70. The Bertz CT molecular complexity index is 574. The highest BCUT2D eigenvalue weighted by Gasteiger charge is 2.47. The van der Waals surface area contributed by atoms with Crippen LogP contribution in [0.25, 0.3) is 11.2 Å². The zero-order valence-corrected chi connectivity index (χ0v) is 9.52. The van der Waals surface area contributed by atoms with E-state index in [2.05, 4.69) is 5.16 Å². The van der Waals surface area contributed by atoms with Crippen molar-refractivity contribution < 1.29 is 18.8 Å². The third kappa shape index (κ3) is 1.31. The summed E-state index contributed by atoms with van der Waals surface area (Å²) in [5.74, 6) is -0.125. The quantitative estimate of drug-likeness (QED) is 0.865. The number of carboxylic acid groups (broad SMARTS) is 1. The molecule has 0 atom stereocenters. The molecule has 90 valence electrons. The number of carbonyl (C=O) groups is 1. The Balaban J connectivity index is 2.21. The Hall–Kier alpha value is -1.78. The fourth-order valence-corrected chi connectivity index (χ4v) is 2.70. The number of nitrogens with zero attached hydrogens (tertiary/aromatic N) is 1. The molecule has 1 fully saturated rings. The van der Waals surface area contributed by atoms with Crippen LogP contribution in [0.2, 0.25) is 0 Å². The normalized spacial score (nSPS) is 18.9. The predicted molar refractivity (Wildman–Crippen MR) is 58.8 cm³/mol. The maximum absolute atomic E-state index is 11.5. The third-order valence-electron chi connectivity index (χ3n) is 3.59. The fraction of sp³-hybridized carbons (Fsp3) is 0.500. The Morgan fingerprint density at radius 3 is 2.82 bits per heavy atom. The van der Waals surface area contributed by atoms with Crippen LogP contribution in [0.3, 0.4) is 0 Å². The van der Waals surface area contributed by atoms with Crippen molar-refractivity contribution in [3.8, 4) is 0 Å². The predicted octanol–water partition coefficient (Wildman–Crippen LogP) is 2.63. The lowest BCUT2D eigenvalue weighted by atomic mass is 9.82. The summed E-state index contributed by atoms with van der Waals surface area (Å²) in [5.41, 5.74) is 0.553. The highest BCUT2D eigenvalue weighted by atomic mass is 16.5. The van der Waals surface area contributed by atoms with Gasteiger partial charge >= 0.3 is 5.97 Å². The summed E-state index contributed by atoms with van der Waals surface area (Å²) in [6, 6.07) is 1.73. The van der Waals surface area contributed by atoms with E-state index in [9.17, 15) is 9.90 Å². The lowest BCUT2D eigenvalue weighted by Crippen LogP contribution is -2.33. The second-order valence-corrected chi connectivity index (χ2v) is 4.68. The van der Waals surface area contributed by atoms with Gasteiger partial charge < -0.3 is 14.0 Å². The second kappa shape index (κ2) is 3.35. The summed E-state index contributed by atoms with van der Waals surface area (Å²) in [5, 5.41) is 13.4. The van der Waals surface area contributed by atoms with Gasteiger partial charge in [-0.05, 0) is 19.8 Å². The van der Waals surface area contributed by atoms with E-state index in [1.54, 1.807) is 13.0 Å². The average molecular weight is 235 g/mol. The van der Waals surface area contributed by atoms with Gasteiger partial charge in [-0.15, -0.1) is 0 Å². The molecule has 0 saturated heterocycles. The van der Waals surface area contributed by atoms with Gasteiger partial charge in [-0.3, -0.25) is 4.79 Å². The molecule has 3 rings (SSSR count). The molecule has 2 aromatic heterocycles. The number of furan rings is 1. The largest absolute Gasteiger partial charge is 0.481 e. The van der Waals surface area contributed by atoms with Gasteiger partial charge in [-0.1, -0.05) is 18.0 Å². The third-order valence-corrected chi connectivity index (χ3v) is 3.59. The standard InChI is InChI=1S/C12H13NO4/c1-7-6-8-9(16-7)10(13-17-8)12(11(14)15)4-2-3-5-12/h6H,2-5H2,1H3,(H,14,15). The van der Waals surface area contributed by atoms with Crippen LogP contribution >= 0.6 is 0 Å². The number of hydrogen-bond acceptors (Lipinski definition) is 4. The van der Waals surface area contributed by atoms with Crippen molar-refractivity contribution in [1.29, 1.82) is 0 Å². The number of aryl methyl sites for hydroxylation is 1. The molecule has 1 N–H and O–H groups in total. The Morgan fingerprint density at radius 2 is 2.18 bits per heavy atom. The number of aromatic nitrogens is 1. The van der Waals surface area contributed by atoms with Crippen LogP contribution in [0.5, 0.6) is 0 Å². The molecule has 1 aliphatic rings. The highest BCUT2D eigenvalue weighted by Crippen LogP contribution is 2.43. The molecule has 0 spiro atoms. The molecule has 0 unspecified atom stereocenters. The molecule has 5 heteroatoms. The molecule has 2 aromatic rings. The molecule has 1 aliphatic carbocycles. The average Bonchev–Trinajstić information content (AvgIpc) is 2.91. The summed E-state index contributed by atoms with van der Waals surface area (Å²) in [6.45, 7) is 1.81. The van der Waals surface area contributed by atoms with Gasteiger partial charge in [0.1, 0.15) is 16.9 Å². The van der Waals surface area contributed by atoms with Crippen LogP contribution in [0.15, 0.2) is 15.0 Å². The van der Waals surface area contributed by atoms with E-state index in [0.717, 1.165) is 12.8 Å². The first kappa shape index (κ1) is 10.4. The van der Waals surface area contributed by atoms with E-state index in [1.807, 2.05) is 0 Å². The first-order valence-electron chi connectivity index (χ1n) is 5.73. The van der Waals surface area contributed by atoms with E-state index in [-0.39, 0.29) is 0 Å². The van der Waals surface area contributed by atoms with Crippen LogP contribution in [0, 0.1) is 6.92 Å². The zero-order valence-electron chi connectivity index (χ0n) is 9.52. The molecule has 0 bridgehead atoms. The zero-order chi connectivity index (χ0) is 12.0. The van der Waals surface area contributed by atoms with E-state index in [0.29, 0.717) is 35.5 Å². The van der Waals surface area contributed by atoms with Crippen LogP contribution in [-0.4, -0.2) is 16.2 Å². The van der Waals surface area contributed by atoms with Crippen LogP contribution in [0.1, 0.15) is 37.1 Å². The summed E-state index contributed by atoms with van der Waals surface area (Å²) in [4.78, 5) is 11.5. The molecule has 5 nitrogen and oxygen atoms in total. The molecule has 17 heavy (non-hydrogen) atoms. The molecule has 0 aromatic carbocycles. The Labute approximate surface area is 97.4 Å². The molecule has 1 saturated carbocycles. The number of rotatable bonds is 2. The van der Waals surface area contributed by atoms with Crippen molar-refractivity contribution in [2.24, 2.45) is 0 Å². The smallest absolute Gasteiger partial charge is 0.316 e. The van der Waals surface area contributed by atoms with Gasteiger partial charge in [0.05, 0.1) is 0 Å². The van der Waals surface area contributed by atoms with E-state index >= 15 is 0 Å². The van der Waals surface area contributed by atoms with Gasteiger partial charge in [-0.2, -0.15) is 0 Å². The van der Waals surface area contributed by atoms with Crippen molar-refractivity contribution in [2.75, 3.05) is 0 Å². The lowest BCUT2D eigenvalue weighted by molar-refractivity contribution is -0.143. The minimum Gasteiger partial charge on any atom is -0.481 e. The van der Waals surface area contributed by atoms with Gasteiger partial charge in [0.15, 0.2) is 5.58 Å². The van der Waals surface area contributed by atoms with Crippen molar-refractivity contribution in [3.63, 3.8) is 0 Å². The monoisotopic (exact) mass is 235 g/mol. The van der Waals surface area contributed by atoms with Crippen molar-refractivity contribution in [3.05, 3.63) is 17.5 Å². The van der Waals surface area contributed by atoms with Gasteiger partial charge in [0, 0.05) is 6.07 Å². The number of aliphatic carboxylic acids is 1.